The predicted octanol–water partition coefficient (Wildman–Crippen LogP) is 2.28. The molecular formula is C10H12N2OS. The molecule has 0 fully saturated rings. The minimum Gasteiger partial charge on any atom is -0.312 e. The number of hydrogen-bond donors (Lipinski definition) is 1. The van der Waals surface area contributed by atoms with Crippen LogP contribution in [0, 0.1) is 0 Å². The van der Waals surface area contributed by atoms with Gasteiger partial charge in [-0.15, -0.1) is 11.3 Å². The lowest BCUT2D eigenvalue weighted by Crippen LogP contribution is -2.09. The number of H-pyrrole nitrogens is 1. The van der Waals surface area contributed by atoms with Crippen molar-refractivity contribution in [2.75, 3.05) is 0 Å². The number of nitrogens with one attached hydrogen (secondary N) is 1. The fourth-order valence-electron chi connectivity index (χ4n) is 1.16. The number of fused-ring (bicyclic) bond motifs is 1. The second-order valence-electron chi connectivity index (χ2n) is 4.31. The summed E-state index contributed by atoms with van der Waals surface area (Å²) in [7, 11) is 0. The van der Waals surface area contributed by atoms with Gasteiger partial charge in [0, 0.05) is 11.5 Å². The van der Waals surface area contributed by atoms with E-state index < -0.39 is 0 Å². The van der Waals surface area contributed by atoms with E-state index in [9.17, 15) is 4.79 Å². The zero-order valence-electron chi connectivity index (χ0n) is 8.42. The quantitative estimate of drug-likeness (QED) is 0.722. The topological polar surface area (TPSA) is 45.8 Å². The number of rotatable bonds is 0. The number of nitrogens with zero attached hydrogens (tertiary/aromatic N) is 1. The minimum atomic E-state index is -0.0680. The third-order valence-corrected chi connectivity index (χ3v) is 3.34. The second kappa shape index (κ2) is 2.92. The molecule has 0 unspecified atom stereocenters. The molecule has 0 bridgehead atoms. The SMILES string of the molecule is CC(C)(C)c1nc2ccc(=O)[nH]c2s1. The van der Waals surface area contributed by atoms with Crippen LogP contribution in [0.5, 0.6) is 0 Å². The van der Waals surface area contributed by atoms with Gasteiger partial charge < -0.3 is 4.98 Å². The lowest BCUT2D eigenvalue weighted by atomic mass is 9.98. The molecule has 0 amide bonds. The summed E-state index contributed by atoms with van der Waals surface area (Å²) in [6.07, 6.45) is 0. The Hall–Kier alpha value is -1.16. The van der Waals surface area contributed by atoms with Gasteiger partial charge in [0.15, 0.2) is 0 Å². The molecule has 3 nitrogen and oxygen atoms in total. The van der Waals surface area contributed by atoms with Crippen LogP contribution in [0.3, 0.4) is 0 Å². The molecule has 74 valence electrons. The monoisotopic (exact) mass is 208 g/mol. The van der Waals surface area contributed by atoms with Gasteiger partial charge in [-0.25, -0.2) is 4.98 Å². The van der Waals surface area contributed by atoms with E-state index >= 15 is 0 Å². The van der Waals surface area contributed by atoms with Crippen molar-refractivity contribution in [3.63, 3.8) is 0 Å². The number of pyridine rings is 1. The Labute approximate surface area is 85.8 Å². The van der Waals surface area contributed by atoms with Crippen LogP contribution < -0.4 is 5.56 Å². The van der Waals surface area contributed by atoms with Crippen LogP contribution in [0.1, 0.15) is 25.8 Å². The fourth-order valence-corrected chi connectivity index (χ4v) is 2.18. The van der Waals surface area contributed by atoms with Gasteiger partial charge in [0.1, 0.15) is 9.84 Å². The highest BCUT2D eigenvalue weighted by molar-refractivity contribution is 7.18. The first-order valence-electron chi connectivity index (χ1n) is 4.47. The van der Waals surface area contributed by atoms with Crippen LogP contribution >= 0.6 is 11.3 Å². The largest absolute Gasteiger partial charge is 0.312 e. The maximum atomic E-state index is 11.1. The van der Waals surface area contributed by atoms with Crippen molar-refractivity contribution in [1.82, 2.24) is 9.97 Å². The lowest BCUT2D eigenvalue weighted by Gasteiger charge is -2.12. The summed E-state index contributed by atoms with van der Waals surface area (Å²) < 4.78 is 0. The number of aromatic amines is 1. The number of aromatic nitrogens is 2. The van der Waals surface area contributed by atoms with E-state index in [1.54, 1.807) is 17.4 Å². The Morgan fingerprint density at radius 1 is 1.36 bits per heavy atom. The highest BCUT2D eigenvalue weighted by atomic mass is 32.1. The zero-order chi connectivity index (χ0) is 10.3. The maximum Gasteiger partial charge on any atom is 0.249 e. The molecule has 2 aromatic rings. The first kappa shape index (κ1) is 9.40. The first-order chi connectivity index (χ1) is 6.47. The molecule has 2 heterocycles. The molecular weight excluding hydrogens is 196 g/mol. The average molecular weight is 208 g/mol. The number of thiazole rings is 1. The van der Waals surface area contributed by atoms with Gasteiger partial charge in [-0.05, 0) is 6.07 Å². The summed E-state index contributed by atoms with van der Waals surface area (Å²) in [5.74, 6) is 0. The van der Waals surface area contributed by atoms with Gasteiger partial charge in [-0.2, -0.15) is 0 Å². The molecule has 0 atom stereocenters. The van der Waals surface area contributed by atoms with Crippen LogP contribution in [0.25, 0.3) is 10.3 Å². The molecule has 1 N–H and O–H groups in total. The van der Waals surface area contributed by atoms with E-state index in [-0.39, 0.29) is 11.0 Å². The Morgan fingerprint density at radius 2 is 2.07 bits per heavy atom. The Kier molecular flexibility index (Phi) is 1.96. The van der Waals surface area contributed by atoms with Crippen molar-refractivity contribution < 1.29 is 0 Å². The van der Waals surface area contributed by atoms with Crippen molar-refractivity contribution in [2.45, 2.75) is 26.2 Å². The minimum absolute atomic E-state index is 0.0422. The normalized spacial score (nSPS) is 12.2. The Morgan fingerprint density at radius 3 is 2.71 bits per heavy atom. The van der Waals surface area contributed by atoms with Gasteiger partial charge in [0.25, 0.3) is 0 Å². The first-order valence-corrected chi connectivity index (χ1v) is 5.29. The Bertz CT molecular complexity index is 519. The highest BCUT2D eigenvalue weighted by Crippen LogP contribution is 2.29. The summed E-state index contributed by atoms with van der Waals surface area (Å²) in [5.41, 5.74) is 0.849. The molecule has 2 aromatic heterocycles. The van der Waals surface area contributed by atoms with Gasteiger partial charge in [-0.1, -0.05) is 20.8 Å². The average Bonchev–Trinajstić information content (AvgIpc) is 2.45. The molecule has 0 aliphatic heterocycles. The Balaban J connectivity index is 2.69. The lowest BCUT2D eigenvalue weighted by molar-refractivity contribution is 0.587. The highest BCUT2D eigenvalue weighted by Gasteiger charge is 2.18. The van der Waals surface area contributed by atoms with Crippen LogP contribution in [0.4, 0.5) is 0 Å². The van der Waals surface area contributed by atoms with Crippen molar-refractivity contribution in [3.8, 4) is 0 Å². The van der Waals surface area contributed by atoms with Gasteiger partial charge in [0.2, 0.25) is 5.56 Å². The third-order valence-electron chi connectivity index (χ3n) is 1.92. The maximum absolute atomic E-state index is 11.1. The molecule has 0 aliphatic carbocycles. The summed E-state index contributed by atoms with van der Waals surface area (Å²) in [6, 6.07) is 3.27. The van der Waals surface area contributed by atoms with Crippen LogP contribution in [0.15, 0.2) is 16.9 Å². The van der Waals surface area contributed by atoms with E-state index in [1.165, 1.54) is 6.07 Å². The number of hydrogen-bond acceptors (Lipinski definition) is 3. The molecule has 2 rings (SSSR count). The molecule has 4 heteroatoms. The van der Waals surface area contributed by atoms with E-state index in [0.717, 1.165) is 15.4 Å². The van der Waals surface area contributed by atoms with Crippen molar-refractivity contribution in [3.05, 3.63) is 27.5 Å². The summed E-state index contributed by atoms with van der Waals surface area (Å²) in [6.45, 7) is 6.34. The van der Waals surface area contributed by atoms with Crippen molar-refractivity contribution >= 4 is 21.7 Å². The standard InChI is InChI=1S/C10H12N2OS/c1-10(2,3)9-11-6-4-5-7(13)12-8(6)14-9/h4-5H,1-3H3,(H,12,13). The summed E-state index contributed by atoms with van der Waals surface area (Å²) >= 11 is 1.55. The van der Waals surface area contributed by atoms with Gasteiger partial charge in [-0.3, -0.25) is 4.79 Å². The van der Waals surface area contributed by atoms with E-state index in [1.807, 2.05) is 0 Å². The predicted molar refractivity (Wildman–Crippen MR) is 58.9 cm³/mol. The second-order valence-corrected chi connectivity index (χ2v) is 5.31. The van der Waals surface area contributed by atoms with Crippen molar-refractivity contribution in [1.29, 1.82) is 0 Å². The van der Waals surface area contributed by atoms with E-state index in [2.05, 4.69) is 30.7 Å². The summed E-state index contributed by atoms with van der Waals surface area (Å²) in [4.78, 5) is 19.2. The van der Waals surface area contributed by atoms with Crippen LogP contribution in [0.2, 0.25) is 0 Å². The molecule has 0 saturated heterocycles. The van der Waals surface area contributed by atoms with Crippen LogP contribution in [-0.4, -0.2) is 9.97 Å². The zero-order valence-corrected chi connectivity index (χ0v) is 9.23. The summed E-state index contributed by atoms with van der Waals surface area (Å²) in [5, 5.41) is 1.05. The fraction of sp³-hybridized carbons (Fsp3) is 0.400. The van der Waals surface area contributed by atoms with E-state index in [0.29, 0.717) is 0 Å². The molecule has 0 saturated carbocycles. The third kappa shape index (κ3) is 1.57. The smallest absolute Gasteiger partial charge is 0.249 e. The van der Waals surface area contributed by atoms with Crippen molar-refractivity contribution in [2.24, 2.45) is 0 Å². The van der Waals surface area contributed by atoms with Crippen LogP contribution in [-0.2, 0) is 5.41 Å². The molecule has 14 heavy (non-hydrogen) atoms. The molecule has 0 aliphatic rings. The van der Waals surface area contributed by atoms with Gasteiger partial charge >= 0.3 is 0 Å². The molecule has 0 radical (unpaired) electrons. The van der Waals surface area contributed by atoms with E-state index in [4.69, 9.17) is 0 Å². The van der Waals surface area contributed by atoms with Gasteiger partial charge in [0.05, 0.1) is 5.52 Å². The molecule has 0 aromatic carbocycles. The molecule has 0 spiro atoms.